The molecule has 2 N–H and O–H groups in total. The lowest BCUT2D eigenvalue weighted by Gasteiger charge is -2.65. The van der Waals surface area contributed by atoms with Crippen LogP contribution in [0, 0.1) is 35.0 Å². The quantitative estimate of drug-likeness (QED) is 0.544. The highest BCUT2D eigenvalue weighted by atomic mass is 16.5. The van der Waals surface area contributed by atoms with Gasteiger partial charge in [-0.2, -0.15) is 0 Å². The predicted octanol–water partition coefficient (Wildman–Crippen LogP) is 1.85. The second kappa shape index (κ2) is 4.87. The number of piperidine rings is 1. The number of allylic oxidation sites excluding steroid dienone is 1. The summed E-state index contributed by atoms with van der Waals surface area (Å²) in [5.74, 6) is 0.130. The summed E-state index contributed by atoms with van der Waals surface area (Å²) in [7, 11) is 1.46. The molecule has 2 heterocycles. The van der Waals surface area contributed by atoms with Crippen LogP contribution in [0.4, 0.5) is 0 Å². The van der Waals surface area contributed by atoms with Gasteiger partial charge < -0.3 is 14.9 Å². The van der Waals surface area contributed by atoms with Crippen LogP contribution < -0.4 is 0 Å². The van der Waals surface area contributed by atoms with E-state index in [1.807, 2.05) is 6.08 Å². The zero-order chi connectivity index (χ0) is 18.8. The van der Waals surface area contributed by atoms with Crippen LogP contribution in [0.2, 0.25) is 0 Å². The highest BCUT2D eigenvalue weighted by Crippen LogP contribution is 2.75. The highest BCUT2D eigenvalue weighted by Gasteiger charge is 2.80. The van der Waals surface area contributed by atoms with E-state index in [1.165, 1.54) is 18.3 Å². The van der Waals surface area contributed by atoms with E-state index in [0.717, 1.165) is 38.8 Å². The van der Waals surface area contributed by atoms with Gasteiger partial charge in [0.25, 0.3) is 0 Å². The Morgan fingerprint density at radius 1 is 1.26 bits per heavy atom. The molecule has 2 saturated heterocycles. The lowest BCUT2D eigenvalue weighted by atomic mass is 9.49. The van der Waals surface area contributed by atoms with Gasteiger partial charge in [-0.3, -0.25) is 9.69 Å². The molecule has 0 aromatic rings. The summed E-state index contributed by atoms with van der Waals surface area (Å²) in [6.07, 6.45) is 8.53. The number of methoxy groups -OCH3 is 1. The van der Waals surface area contributed by atoms with Gasteiger partial charge in [0.1, 0.15) is 11.3 Å². The average molecular weight is 371 g/mol. The van der Waals surface area contributed by atoms with Gasteiger partial charge >= 0.3 is 5.97 Å². The minimum absolute atomic E-state index is 0.00298. The molecule has 27 heavy (non-hydrogen) atoms. The number of hydrogen-bond acceptors (Lipinski definition) is 5. The van der Waals surface area contributed by atoms with E-state index in [0.29, 0.717) is 12.3 Å². The molecule has 0 aromatic heterocycles. The first kappa shape index (κ1) is 16.8. The summed E-state index contributed by atoms with van der Waals surface area (Å²) < 4.78 is 5.18. The maximum atomic E-state index is 12.7. The van der Waals surface area contributed by atoms with Crippen LogP contribution in [0.3, 0.4) is 0 Å². The van der Waals surface area contributed by atoms with E-state index in [2.05, 4.69) is 17.9 Å². The highest BCUT2D eigenvalue weighted by molar-refractivity contribution is 5.75. The number of carbonyl (C=O) groups excluding carboxylic acids is 1. The van der Waals surface area contributed by atoms with Crippen LogP contribution in [-0.2, 0) is 9.53 Å². The largest absolute Gasteiger partial charge is 0.469 e. The van der Waals surface area contributed by atoms with E-state index >= 15 is 0 Å². The number of hydrogen-bond donors (Lipinski definition) is 2. The van der Waals surface area contributed by atoms with Gasteiger partial charge in [0, 0.05) is 24.9 Å². The number of rotatable bonds is 1. The topological polar surface area (TPSA) is 70.0 Å². The van der Waals surface area contributed by atoms with E-state index in [-0.39, 0.29) is 29.6 Å². The van der Waals surface area contributed by atoms with E-state index < -0.39 is 16.7 Å². The van der Waals surface area contributed by atoms with Crippen molar-refractivity contribution in [2.24, 2.45) is 35.0 Å². The van der Waals surface area contributed by atoms with Crippen molar-refractivity contribution in [1.82, 2.24) is 4.90 Å². The molecule has 5 nitrogen and oxygen atoms in total. The maximum Gasteiger partial charge on any atom is 0.309 e. The maximum absolute atomic E-state index is 12.7. The molecule has 6 aliphatic rings. The Morgan fingerprint density at radius 2 is 2.04 bits per heavy atom. The lowest BCUT2D eigenvalue weighted by molar-refractivity contribution is -0.284. The molecular weight excluding hydrogens is 342 g/mol. The first-order chi connectivity index (χ1) is 12.9. The zero-order valence-corrected chi connectivity index (χ0v) is 16.1. The molecule has 5 heteroatoms. The Bertz CT molecular complexity index is 804. The molecular formula is C22H29NO4. The van der Waals surface area contributed by atoms with Crippen molar-refractivity contribution in [3.8, 4) is 0 Å². The van der Waals surface area contributed by atoms with Gasteiger partial charge in [-0.1, -0.05) is 30.2 Å². The predicted molar refractivity (Wildman–Crippen MR) is 98.3 cm³/mol. The zero-order valence-electron chi connectivity index (χ0n) is 16.1. The van der Waals surface area contributed by atoms with Crippen LogP contribution >= 0.6 is 0 Å². The number of ether oxygens (including phenoxy) is 1. The first-order valence-electron chi connectivity index (χ1n) is 10.6. The third-order valence-electron chi connectivity index (χ3n) is 9.28. The Labute approximate surface area is 160 Å². The first-order valence-corrected chi connectivity index (χ1v) is 10.6. The normalized spacial score (nSPS) is 54.9. The van der Waals surface area contributed by atoms with Crippen molar-refractivity contribution < 1.29 is 19.7 Å². The van der Waals surface area contributed by atoms with Crippen LogP contribution in [0.1, 0.15) is 39.0 Å². The van der Waals surface area contributed by atoms with Gasteiger partial charge in [0.15, 0.2) is 0 Å². The fourth-order valence-corrected chi connectivity index (χ4v) is 8.40. The van der Waals surface area contributed by atoms with E-state index in [1.54, 1.807) is 0 Å². The fourth-order valence-electron chi connectivity index (χ4n) is 8.40. The van der Waals surface area contributed by atoms with Crippen molar-refractivity contribution in [1.29, 1.82) is 0 Å². The molecule has 4 bridgehead atoms. The molecule has 146 valence electrons. The molecule has 2 aliphatic heterocycles. The summed E-state index contributed by atoms with van der Waals surface area (Å²) >= 11 is 0. The molecule has 4 aliphatic carbocycles. The molecule has 0 radical (unpaired) electrons. The molecule has 1 spiro atoms. The molecule has 6 rings (SSSR count). The molecule has 0 amide bonds. The number of aliphatic hydroxyl groups is 2. The monoisotopic (exact) mass is 371 g/mol. The van der Waals surface area contributed by atoms with Gasteiger partial charge in [0.2, 0.25) is 0 Å². The Morgan fingerprint density at radius 3 is 2.81 bits per heavy atom. The summed E-state index contributed by atoms with van der Waals surface area (Å²) in [5.41, 5.74) is -0.280. The summed E-state index contributed by atoms with van der Waals surface area (Å²) in [6.45, 7) is 3.81. The minimum atomic E-state index is -1.09. The van der Waals surface area contributed by atoms with Crippen LogP contribution in [-0.4, -0.2) is 52.6 Å². The number of nitrogens with zero attached hydrogens (tertiary/aromatic N) is 1. The second-order valence-corrected chi connectivity index (χ2v) is 9.96. The van der Waals surface area contributed by atoms with E-state index in [9.17, 15) is 15.0 Å². The fraction of sp³-hybridized carbons (Fsp3) is 0.773. The van der Waals surface area contributed by atoms with Crippen molar-refractivity contribution in [3.63, 3.8) is 0 Å². The Kier molecular flexibility index (Phi) is 3.02. The molecule has 1 saturated carbocycles. The molecule has 3 fully saturated rings. The minimum Gasteiger partial charge on any atom is -0.469 e. The average Bonchev–Trinajstić information content (AvgIpc) is 3.26. The van der Waals surface area contributed by atoms with Crippen molar-refractivity contribution in [3.05, 3.63) is 23.3 Å². The van der Waals surface area contributed by atoms with Gasteiger partial charge in [-0.25, -0.2) is 0 Å². The number of carbonyl (C=O) groups is 1. The summed E-state index contributed by atoms with van der Waals surface area (Å²) in [5, 5.41) is 24.6. The van der Waals surface area contributed by atoms with E-state index in [4.69, 9.17) is 4.74 Å². The third kappa shape index (κ3) is 1.53. The van der Waals surface area contributed by atoms with Crippen LogP contribution in [0.5, 0.6) is 0 Å². The van der Waals surface area contributed by atoms with Crippen LogP contribution in [0.25, 0.3) is 0 Å². The van der Waals surface area contributed by atoms with Gasteiger partial charge in [0.05, 0.1) is 18.4 Å². The van der Waals surface area contributed by atoms with Crippen molar-refractivity contribution in [2.45, 2.75) is 50.4 Å². The van der Waals surface area contributed by atoms with Gasteiger partial charge in [-0.15, -0.1) is 0 Å². The van der Waals surface area contributed by atoms with Crippen molar-refractivity contribution >= 4 is 5.97 Å². The summed E-state index contributed by atoms with van der Waals surface area (Å²) in [6, 6.07) is 0. The van der Waals surface area contributed by atoms with Crippen LogP contribution in [0.15, 0.2) is 23.3 Å². The molecule has 0 aromatic carbocycles. The second-order valence-electron chi connectivity index (χ2n) is 9.96. The third-order valence-corrected chi connectivity index (χ3v) is 9.28. The molecule has 8 atom stereocenters. The van der Waals surface area contributed by atoms with Gasteiger partial charge in [-0.05, 0) is 43.9 Å². The Balaban J connectivity index is 1.67. The summed E-state index contributed by atoms with van der Waals surface area (Å²) in [4.78, 5) is 15.0. The molecule has 8 unspecified atom stereocenters. The number of esters is 1. The lowest BCUT2D eigenvalue weighted by Crippen LogP contribution is -2.76. The standard InChI is InChI=1S/C22H29NO4/c1-12-10-23-11-14-5-3-13-4-6-15-16(19(24)27-2)9-20(18(13)15)21(14,25)8-7-17(12)22(20,23)26/h7-8,12,14-17,25-26H,3-6,9-11H2,1-2H3. The smallest absolute Gasteiger partial charge is 0.309 e. The Hall–Kier alpha value is -1.17. The SMILES string of the molecule is COC(=O)C1CC23C4=C(CCC41)CCC1CN4CC(C)C(C=CC12O)C43O. The van der Waals surface area contributed by atoms with Crippen molar-refractivity contribution in [2.75, 3.05) is 20.2 Å².